The Bertz CT molecular complexity index is 964. The lowest BCUT2D eigenvalue weighted by Crippen LogP contribution is -2.49. The van der Waals surface area contributed by atoms with Gasteiger partial charge >= 0.3 is 0 Å². The van der Waals surface area contributed by atoms with Crippen LogP contribution in [0.2, 0.25) is 0 Å². The van der Waals surface area contributed by atoms with Gasteiger partial charge < -0.3 is 4.57 Å². The smallest absolute Gasteiger partial charge is 0.244 e. The van der Waals surface area contributed by atoms with Gasteiger partial charge in [-0.05, 0) is 24.4 Å². The third-order valence-corrected chi connectivity index (χ3v) is 6.63. The fourth-order valence-corrected chi connectivity index (χ4v) is 4.46. The molecule has 0 N–H and O–H groups in total. The van der Waals surface area contributed by atoms with E-state index in [1.54, 1.807) is 27.7 Å². The van der Waals surface area contributed by atoms with Crippen molar-refractivity contribution >= 4 is 22.2 Å². The molecule has 1 aromatic heterocycles. The number of aryl methyl sites for hydroxylation is 1. The van der Waals surface area contributed by atoms with Crippen LogP contribution in [0.5, 0.6) is 0 Å². The number of sulfonamides is 1. The molecule has 3 rings (SSSR count). The Morgan fingerprint density at radius 1 is 1.24 bits per heavy atom. The van der Waals surface area contributed by atoms with Crippen molar-refractivity contribution in [2.24, 2.45) is 7.05 Å². The SMILES string of the molecule is Cn1cnn(CN2CCN(S(=O)(=O)c3ccccc3C#N)CC2)c1=S. The van der Waals surface area contributed by atoms with E-state index in [9.17, 15) is 8.42 Å². The molecular formula is C15H18N6O2S2. The molecule has 0 radical (unpaired) electrons. The summed E-state index contributed by atoms with van der Waals surface area (Å²) in [4.78, 5) is 2.17. The van der Waals surface area contributed by atoms with Crippen LogP contribution in [0, 0.1) is 16.1 Å². The second kappa shape index (κ2) is 7.05. The average Bonchev–Trinajstić information content (AvgIpc) is 2.94. The zero-order valence-corrected chi connectivity index (χ0v) is 15.4. The summed E-state index contributed by atoms with van der Waals surface area (Å²) < 4.78 is 31.1. The lowest BCUT2D eigenvalue weighted by molar-refractivity contribution is 0.144. The number of aromatic nitrogens is 3. The molecule has 0 saturated carbocycles. The highest BCUT2D eigenvalue weighted by atomic mass is 32.2. The quantitative estimate of drug-likeness (QED) is 0.731. The Hall–Kier alpha value is -2.06. The van der Waals surface area contributed by atoms with Crippen LogP contribution in [0.15, 0.2) is 35.5 Å². The zero-order valence-electron chi connectivity index (χ0n) is 13.7. The molecule has 0 unspecified atom stereocenters. The molecule has 10 heteroatoms. The van der Waals surface area contributed by atoms with E-state index in [2.05, 4.69) is 10.00 Å². The molecule has 1 aliphatic rings. The average molecular weight is 378 g/mol. The largest absolute Gasteiger partial charge is 0.310 e. The summed E-state index contributed by atoms with van der Waals surface area (Å²) in [7, 11) is -1.83. The fraction of sp³-hybridized carbons (Fsp3) is 0.400. The maximum atomic E-state index is 12.8. The first-order valence-electron chi connectivity index (χ1n) is 7.73. The second-order valence-electron chi connectivity index (χ2n) is 5.80. The first-order chi connectivity index (χ1) is 11.9. The van der Waals surface area contributed by atoms with E-state index >= 15 is 0 Å². The number of nitrogens with zero attached hydrogens (tertiary/aromatic N) is 6. The maximum absolute atomic E-state index is 12.8. The predicted octanol–water partition coefficient (Wildman–Crippen LogP) is 0.787. The van der Waals surface area contributed by atoms with Crippen LogP contribution in [0.3, 0.4) is 0 Å². The summed E-state index contributed by atoms with van der Waals surface area (Å²) in [6.45, 7) is 2.41. The van der Waals surface area contributed by atoms with Gasteiger partial charge in [-0.25, -0.2) is 13.1 Å². The Balaban J connectivity index is 1.70. The van der Waals surface area contributed by atoms with Gasteiger partial charge in [-0.3, -0.25) is 4.90 Å². The van der Waals surface area contributed by atoms with Crippen molar-refractivity contribution in [3.05, 3.63) is 40.9 Å². The lowest BCUT2D eigenvalue weighted by Gasteiger charge is -2.33. The van der Waals surface area contributed by atoms with Crippen LogP contribution in [0.4, 0.5) is 0 Å². The summed E-state index contributed by atoms with van der Waals surface area (Å²) in [5.74, 6) is 0. The van der Waals surface area contributed by atoms with Gasteiger partial charge in [0.1, 0.15) is 12.4 Å². The zero-order chi connectivity index (χ0) is 18.0. The first-order valence-corrected chi connectivity index (χ1v) is 9.58. The maximum Gasteiger partial charge on any atom is 0.244 e. The van der Waals surface area contributed by atoms with Crippen LogP contribution in [-0.4, -0.2) is 58.1 Å². The predicted molar refractivity (Wildman–Crippen MR) is 93.5 cm³/mol. The van der Waals surface area contributed by atoms with E-state index in [-0.39, 0.29) is 10.5 Å². The molecule has 0 amide bonds. The second-order valence-corrected chi connectivity index (χ2v) is 8.07. The molecule has 2 heterocycles. The van der Waals surface area contributed by atoms with Crippen molar-refractivity contribution < 1.29 is 8.42 Å². The summed E-state index contributed by atoms with van der Waals surface area (Å²) in [5, 5.41) is 13.4. The van der Waals surface area contributed by atoms with Gasteiger partial charge in [0.05, 0.1) is 17.1 Å². The molecule has 0 spiro atoms. The van der Waals surface area contributed by atoms with Crippen LogP contribution < -0.4 is 0 Å². The fourth-order valence-electron chi connectivity index (χ4n) is 2.74. The molecule has 132 valence electrons. The number of nitriles is 1. The van der Waals surface area contributed by atoms with Crippen LogP contribution >= 0.6 is 12.2 Å². The molecule has 1 aliphatic heterocycles. The lowest BCUT2D eigenvalue weighted by atomic mass is 10.2. The third-order valence-electron chi connectivity index (χ3n) is 4.18. The highest BCUT2D eigenvalue weighted by Crippen LogP contribution is 2.21. The molecule has 8 nitrogen and oxygen atoms in total. The Morgan fingerprint density at radius 2 is 1.92 bits per heavy atom. The van der Waals surface area contributed by atoms with Crippen molar-refractivity contribution in [2.45, 2.75) is 11.6 Å². The van der Waals surface area contributed by atoms with E-state index in [4.69, 9.17) is 17.5 Å². The van der Waals surface area contributed by atoms with Gasteiger partial charge in [-0.15, -0.1) is 0 Å². The minimum Gasteiger partial charge on any atom is -0.310 e. The summed E-state index contributed by atoms with van der Waals surface area (Å²) >= 11 is 5.27. The van der Waals surface area contributed by atoms with Crippen LogP contribution in [-0.2, 0) is 23.7 Å². The highest BCUT2D eigenvalue weighted by molar-refractivity contribution is 7.89. The van der Waals surface area contributed by atoms with Gasteiger partial charge in [0.2, 0.25) is 10.0 Å². The van der Waals surface area contributed by atoms with E-state index in [1.807, 2.05) is 13.1 Å². The van der Waals surface area contributed by atoms with E-state index in [0.29, 0.717) is 37.6 Å². The van der Waals surface area contributed by atoms with Crippen LogP contribution in [0.1, 0.15) is 5.56 Å². The summed E-state index contributed by atoms with van der Waals surface area (Å²) in [5.41, 5.74) is 0.171. The van der Waals surface area contributed by atoms with Crippen molar-refractivity contribution in [3.8, 4) is 6.07 Å². The number of hydrogen-bond acceptors (Lipinski definition) is 6. The van der Waals surface area contributed by atoms with Gasteiger partial charge in [-0.2, -0.15) is 14.7 Å². The van der Waals surface area contributed by atoms with E-state index in [0.717, 1.165) is 0 Å². The molecule has 0 bridgehead atoms. The molecule has 25 heavy (non-hydrogen) atoms. The van der Waals surface area contributed by atoms with Crippen molar-refractivity contribution in [1.82, 2.24) is 23.6 Å². The summed E-state index contributed by atoms with van der Waals surface area (Å²) in [6, 6.07) is 8.24. The highest BCUT2D eigenvalue weighted by Gasteiger charge is 2.30. The Kier molecular flexibility index (Phi) is 5.01. The minimum absolute atomic E-state index is 0.0675. The molecule has 0 aliphatic carbocycles. The molecular weight excluding hydrogens is 360 g/mol. The normalized spacial score (nSPS) is 16.6. The molecule has 2 aromatic rings. The number of rotatable bonds is 4. The van der Waals surface area contributed by atoms with Crippen molar-refractivity contribution in [3.63, 3.8) is 0 Å². The summed E-state index contributed by atoms with van der Waals surface area (Å²) in [6.07, 6.45) is 1.65. The monoisotopic (exact) mass is 378 g/mol. The first kappa shape index (κ1) is 17.8. The van der Waals surface area contributed by atoms with Crippen molar-refractivity contribution in [2.75, 3.05) is 26.2 Å². The molecule has 1 saturated heterocycles. The van der Waals surface area contributed by atoms with Gasteiger partial charge in [0.25, 0.3) is 0 Å². The van der Waals surface area contributed by atoms with Crippen molar-refractivity contribution in [1.29, 1.82) is 5.26 Å². The van der Waals surface area contributed by atoms with Gasteiger partial charge in [-0.1, -0.05) is 12.1 Å². The number of hydrogen-bond donors (Lipinski definition) is 0. The molecule has 0 atom stereocenters. The van der Waals surface area contributed by atoms with E-state index in [1.165, 1.54) is 16.4 Å². The van der Waals surface area contributed by atoms with Gasteiger partial charge in [0, 0.05) is 33.2 Å². The molecule has 1 fully saturated rings. The van der Waals surface area contributed by atoms with E-state index < -0.39 is 10.0 Å². The third kappa shape index (κ3) is 3.50. The number of benzene rings is 1. The topological polar surface area (TPSA) is 87.2 Å². The Labute approximate surface area is 151 Å². The standard InChI is InChI=1S/C15H18N6O2S2/c1-18-11-17-21(15(18)24)12-19-6-8-20(9-7-19)25(22,23)14-5-3-2-4-13(14)10-16/h2-5,11H,6-9,12H2,1H3. The van der Waals surface area contributed by atoms with Gasteiger partial charge in [0.15, 0.2) is 4.77 Å². The number of piperazine rings is 1. The molecule has 1 aromatic carbocycles. The van der Waals surface area contributed by atoms with Crippen LogP contribution in [0.25, 0.3) is 0 Å². The Morgan fingerprint density at radius 3 is 2.52 bits per heavy atom. The minimum atomic E-state index is -3.67.